The first-order valence-electron chi connectivity index (χ1n) is 5.99. The van der Waals surface area contributed by atoms with Crippen LogP contribution in [0.1, 0.15) is 31.7 Å². The minimum Gasteiger partial charge on any atom is -0.406 e. The first kappa shape index (κ1) is 15.3. The van der Waals surface area contributed by atoms with Crippen LogP contribution in [0.4, 0.5) is 13.2 Å². The third kappa shape index (κ3) is 7.33. The average Bonchev–Trinajstić information content (AvgIpc) is 2.32. The minimum absolute atomic E-state index is 0.109. The lowest BCUT2D eigenvalue weighted by Gasteiger charge is -2.09. The molecule has 3 nitrogen and oxygen atoms in total. The van der Waals surface area contributed by atoms with Crippen LogP contribution in [0.15, 0.2) is 29.4 Å². The van der Waals surface area contributed by atoms with Gasteiger partial charge in [0.05, 0.1) is 0 Å². The number of hydrogen-bond donors (Lipinski definition) is 0. The summed E-state index contributed by atoms with van der Waals surface area (Å²) in [4.78, 5) is 4.98. The SMILES string of the molecule is CCCCC=NOCc1cccc(OC(F)(F)F)c1. The summed E-state index contributed by atoms with van der Waals surface area (Å²) in [5.41, 5.74) is 0.564. The molecular formula is C13H16F3NO2. The van der Waals surface area contributed by atoms with Crippen molar-refractivity contribution in [3.05, 3.63) is 29.8 Å². The quantitative estimate of drug-likeness (QED) is 0.422. The van der Waals surface area contributed by atoms with Crippen molar-refractivity contribution in [2.24, 2.45) is 5.16 Å². The second kappa shape index (κ2) is 7.66. The van der Waals surface area contributed by atoms with Crippen LogP contribution >= 0.6 is 0 Å². The molecule has 0 saturated carbocycles. The van der Waals surface area contributed by atoms with Crippen molar-refractivity contribution in [3.8, 4) is 5.75 Å². The highest BCUT2D eigenvalue weighted by molar-refractivity contribution is 5.56. The number of alkyl halides is 3. The second-order valence-corrected chi connectivity index (χ2v) is 3.90. The fourth-order valence-electron chi connectivity index (χ4n) is 1.35. The lowest BCUT2D eigenvalue weighted by Crippen LogP contribution is -2.17. The van der Waals surface area contributed by atoms with Crippen LogP contribution in [-0.2, 0) is 11.4 Å². The fraction of sp³-hybridized carbons (Fsp3) is 0.462. The molecule has 0 spiro atoms. The Labute approximate surface area is 110 Å². The Morgan fingerprint density at radius 3 is 2.79 bits per heavy atom. The molecule has 19 heavy (non-hydrogen) atoms. The van der Waals surface area contributed by atoms with Gasteiger partial charge in [0.15, 0.2) is 0 Å². The molecular weight excluding hydrogens is 259 g/mol. The second-order valence-electron chi connectivity index (χ2n) is 3.90. The Hall–Kier alpha value is -1.72. The summed E-state index contributed by atoms with van der Waals surface area (Å²) in [6.07, 6.45) is -0.101. The molecule has 0 aromatic heterocycles. The summed E-state index contributed by atoms with van der Waals surface area (Å²) in [5.74, 6) is -0.261. The maximum Gasteiger partial charge on any atom is 0.573 e. The number of nitrogens with zero attached hydrogens (tertiary/aromatic N) is 1. The van der Waals surface area contributed by atoms with Crippen molar-refractivity contribution in [1.82, 2.24) is 0 Å². The summed E-state index contributed by atoms with van der Waals surface area (Å²) in [6.45, 7) is 2.18. The van der Waals surface area contributed by atoms with Gasteiger partial charge in [-0.1, -0.05) is 30.6 Å². The minimum atomic E-state index is -4.68. The van der Waals surface area contributed by atoms with E-state index in [0.29, 0.717) is 5.56 Å². The Kier molecular flexibility index (Phi) is 6.18. The highest BCUT2D eigenvalue weighted by atomic mass is 19.4. The van der Waals surface area contributed by atoms with Crippen LogP contribution in [0, 0.1) is 0 Å². The van der Waals surface area contributed by atoms with Gasteiger partial charge in [0, 0.05) is 6.21 Å². The first-order chi connectivity index (χ1) is 9.01. The molecule has 1 aromatic rings. The predicted octanol–water partition coefficient (Wildman–Crippen LogP) is 4.28. The molecule has 0 radical (unpaired) electrons. The summed E-state index contributed by atoms with van der Waals surface area (Å²) < 4.78 is 39.9. The Morgan fingerprint density at radius 2 is 2.11 bits per heavy atom. The van der Waals surface area contributed by atoms with Crippen LogP contribution in [0.25, 0.3) is 0 Å². The highest BCUT2D eigenvalue weighted by Gasteiger charge is 2.31. The maximum atomic E-state index is 12.0. The fourth-order valence-corrected chi connectivity index (χ4v) is 1.35. The molecule has 0 aliphatic heterocycles. The van der Waals surface area contributed by atoms with Crippen LogP contribution in [0.2, 0.25) is 0 Å². The van der Waals surface area contributed by atoms with Gasteiger partial charge in [-0.2, -0.15) is 0 Å². The zero-order valence-electron chi connectivity index (χ0n) is 10.6. The Bertz CT molecular complexity index is 405. The Balaban J connectivity index is 2.42. The topological polar surface area (TPSA) is 30.8 Å². The molecule has 0 amide bonds. The van der Waals surface area contributed by atoms with E-state index in [1.807, 2.05) is 0 Å². The molecule has 0 atom stereocenters. The highest BCUT2D eigenvalue weighted by Crippen LogP contribution is 2.23. The molecule has 1 rings (SSSR count). The molecule has 6 heteroatoms. The van der Waals surface area contributed by atoms with E-state index in [1.54, 1.807) is 12.3 Å². The molecule has 0 aliphatic carbocycles. The van der Waals surface area contributed by atoms with Crippen molar-refractivity contribution in [3.63, 3.8) is 0 Å². The lowest BCUT2D eigenvalue weighted by molar-refractivity contribution is -0.274. The van der Waals surface area contributed by atoms with Gasteiger partial charge in [-0.15, -0.1) is 13.2 Å². The summed E-state index contributed by atoms with van der Waals surface area (Å²) in [7, 11) is 0. The van der Waals surface area contributed by atoms with E-state index in [0.717, 1.165) is 19.3 Å². The largest absolute Gasteiger partial charge is 0.573 e. The number of rotatable bonds is 7. The van der Waals surface area contributed by atoms with E-state index in [2.05, 4.69) is 16.8 Å². The zero-order chi connectivity index (χ0) is 14.1. The van der Waals surface area contributed by atoms with Crippen LogP contribution in [0.3, 0.4) is 0 Å². The van der Waals surface area contributed by atoms with Crippen LogP contribution in [-0.4, -0.2) is 12.6 Å². The third-order valence-corrected chi connectivity index (χ3v) is 2.20. The monoisotopic (exact) mass is 275 g/mol. The van der Waals surface area contributed by atoms with Crippen molar-refractivity contribution < 1.29 is 22.7 Å². The average molecular weight is 275 g/mol. The van der Waals surface area contributed by atoms with E-state index >= 15 is 0 Å². The van der Waals surface area contributed by atoms with Gasteiger partial charge in [-0.05, 0) is 30.5 Å². The number of unbranched alkanes of at least 4 members (excludes halogenated alkanes) is 2. The number of oxime groups is 1. The smallest absolute Gasteiger partial charge is 0.406 e. The van der Waals surface area contributed by atoms with E-state index in [-0.39, 0.29) is 12.4 Å². The van der Waals surface area contributed by atoms with Gasteiger partial charge in [-0.3, -0.25) is 0 Å². The van der Waals surface area contributed by atoms with Gasteiger partial charge in [0.2, 0.25) is 0 Å². The van der Waals surface area contributed by atoms with Gasteiger partial charge in [0.25, 0.3) is 0 Å². The normalized spacial score (nSPS) is 11.8. The van der Waals surface area contributed by atoms with Crippen molar-refractivity contribution in [2.75, 3.05) is 0 Å². The van der Waals surface area contributed by atoms with E-state index in [9.17, 15) is 13.2 Å². The van der Waals surface area contributed by atoms with Crippen molar-refractivity contribution in [2.45, 2.75) is 39.2 Å². The van der Waals surface area contributed by atoms with Crippen molar-refractivity contribution in [1.29, 1.82) is 0 Å². The number of benzene rings is 1. The molecule has 1 aromatic carbocycles. The molecule has 106 valence electrons. The lowest BCUT2D eigenvalue weighted by atomic mass is 10.2. The molecule has 0 N–H and O–H groups in total. The van der Waals surface area contributed by atoms with Crippen molar-refractivity contribution >= 4 is 6.21 Å². The molecule has 0 aliphatic rings. The van der Waals surface area contributed by atoms with E-state index in [1.165, 1.54) is 18.2 Å². The summed E-state index contributed by atoms with van der Waals surface area (Å²) >= 11 is 0. The molecule has 0 saturated heterocycles. The molecule has 0 bridgehead atoms. The maximum absolute atomic E-state index is 12.0. The predicted molar refractivity (Wildman–Crippen MR) is 65.9 cm³/mol. The third-order valence-electron chi connectivity index (χ3n) is 2.20. The molecule has 0 fully saturated rings. The number of hydrogen-bond acceptors (Lipinski definition) is 3. The Morgan fingerprint density at radius 1 is 1.32 bits per heavy atom. The van der Waals surface area contributed by atoms with Gasteiger partial charge in [-0.25, -0.2) is 0 Å². The summed E-state index contributed by atoms with van der Waals surface area (Å²) in [5, 5.41) is 3.72. The molecule has 0 unspecified atom stereocenters. The van der Waals surface area contributed by atoms with Gasteiger partial charge >= 0.3 is 6.36 Å². The number of halogens is 3. The van der Waals surface area contributed by atoms with Gasteiger partial charge in [0.1, 0.15) is 12.4 Å². The van der Waals surface area contributed by atoms with E-state index in [4.69, 9.17) is 4.84 Å². The first-order valence-corrected chi connectivity index (χ1v) is 5.99. The van der Waals surface area contributed by atoms with Crippen LogP contribution < -0.4 is 4.74 Å². The standard InChI is InChI=1S/C13H16F3NO2/c1-2-3-4-8-17-18-10-11-6-5-7-12(9-11)19-13(14,15)16/h5-9H,2-4,10H2,1H3. The zero-order valence-corrected chi connectivity index (χ0v) is 10.6. The number of ether oxygens (including phenoxy) is 1. The van der Waals surface area contributed by atoms with E-state index < -0.39 is 6.36 Å². The van der Waals surface area contributed by atoms with Crippen LogP contribution in [0.5, 0.6) is 5.75 Å². The molecule has 0 heterocycles. The van der Waals surface area contributed by atoms with Gasteiger partial charge < -0.3 is 9.57 Å². The summed E-state index contributed by atoms with van der Waals surface area (Å²) in [6, 6.07) is 5.63.